The Kier molecular flexibility index (Phi) is 8.07. The first-order chi connectivity index (χ1) is 13.3. The summed E-state index contributed by atoms with van der Waals surface area (Å²) in [4.78, 5) is 4.88. The van der Waals surface area contributed by atoms with E-state index < -0.39 is 10.0 Å². The summed E-state index contributed by atoms with van der Waals surface area (Å²) in [5.41, 5.74) is 0.953. The number of nitrogens with zero attached hydrogens (tertiary/aromatic N) is 3. The summed E-state index contributed by atoms with van der Waals surface area (Å²) in [7, 11) is -1.86. The van der Waals surface area contributed by atoms with Crippen LogP contribution in [0.5, 0.6) is 0 Å². The maximum Gasteiger partial charge on any atom is 0.243 e. The van der Waals surface area contributed by atoms with Crippen LogP contribution in [0.4, 0.5) is 0 Å². The predicted octanol–water partition coefficient (Wildman–Crippen LogP) is 2.27. The summed E-state index contributed by atoms with van der Waals surface area (Å²) < 4.78 is 28.5. The van der Waals surface area contributed by atoms with Gasteiger partial charge in [0.15, 0.2) is 5.96 Å². The van der Waals surface area contributed by atoms with Crippen LogP contribution >= 0.6 is 0 Å². The van der Waals surface area contributed by atoms with Crippen LogP contribution < -0.4 is 10.6 Å². The van der Waals surface area contributed by atoms with Crippen molar-refractivity contribution in [3.8, 4) is 0 Å². The zero-order valence-corrected chi connectivity index (χ0v) is 17.9. The van der Waals surface area contributed by atoms with E-state index in [2.05, 4.69) is 20.2 Å². The van der Waals surface area contributed by atoms with Crippen LogP contribution in [0.25, 0.3) is 0 Å². The maximum atomic E-state index is 12.5. The lowest BCUT2D eigenvalue weighted by atomic mass is 10.2. The second-order valence-electron chi connectivity index (χ2n) is 6.80. The minimum Gasteiger partial charge on any atom is -0.357 e. The van der Waals surface area contributed by atoms with Crippen LogP contribution in [0.1, 0.15) is 26.3 Å². The molecule has 0 amide bonds. The minimum atomic E-state index is -3.46. The number of sulfonamides is 1. The molecule has 2 aromatic rings. The first-order valence-corrected chi connectivity index (χ1v) is 11.0. The molecule has 7 nitrogen and oxygen atoms in total. The second kappa shape index (κ2) is 10.3. The van der Waals surface area contributed by atoms with E-state index in [0.717, 1.165) is 31.2 Å². The number of nitrogens with one attached hydrogen (secondary N) is 2. The van der Waals surface area contributed by atoms with Crippen molar-refractivity contribution in [2.24, 2.45) is 4.99 Å². The molecule has 0 spiro atoms. The summed E-state index contributed by atoms with van der Waals surface area (Å²) in [5.74, 6) is 0.742. The van der Waals surface area contributed by atoms with E-state index in [0.29, 0.717) is 11.4 Å². The van der Waals surface area contributed by atoms with Crippen molar-refractivity contribution < 1.29 is 8.42 Å². The lowest BCUT2D eigenvalue weighted by Gasteiger charge is -2.21. The van der Waals surface area contributed by atoms with E-state index in [1.807, 2.05) is 57.4 Å². The summed E-state index contributed by atoms with van der Waals surface area (Å²) >= 11 is 0. The van der Waals surface area contributed by atoms with Crippen molar-refractivity contribution in [1.82, 2.24) is 19.5 Å². The van der Waals surface area contributed by atoms with Crippen molar-refractivity contribution in [3.05, 3.63) is 54.4 Å². The molecule has 0 bridgehead atoms. The van der Waals surface area contributed by atoms with E-state index in [4.69, 9.17) is 0 Å². The highest BCUT2D eigenvalue weighted by atomic mass is 32.2. The Morgan fingerprint density at radius 3 is 2.36 bits per heavy atom. The summed E-state index contributed by atoms with van der Waals surface area (Å²) in [6.45, 7) is 8.59. The molecule has 2 N–H and O–H groups in total. The van der Waals surface area contributed by atoms with E-state index in [1.165, 1.54) is 4.31 Å². The smallest absolute Gasteiger partial charge is 0.243 e. The van der Waals surface area contributed by atoms with E-state index in [-0.39, 0.29) is 6.04 Å². The van der Waals surface area contributed by atoms with Crippen molar-refractivity contribution in [2.45, 2.75) is 44.8 Å². The second-order valence-corrected chi connectivity index (χ2v) is 8.80. The molecule has 1 aromatic carbocycles. The van der Waals surface area contributed by atoms with E-state index >= 15 is 0 Å². The Labute approximate surface area is 168 Å². The van der Waals surface area contributed by atoms with Crippen LogP contribution in [0, 0.1) is 0 Å². The highest BCUT2D eigenvalue weighted by Crippen LogP contribution is 2.17. The van der Waals surface area contributed by atoms with Crippen molar-refractivity contribution in [2.75, 3.05) is 20.1 Å². The molecule has 0 saturated heterocycles. The Morgan fingerprint density at radius 1 is 1.14 bits per heavy atom. The number of hydrogen-bond acceptors (Lipinski definition) is 3. The average molecular weight is 406 g/mol. The summed E-state index contributed by atoms with van der Waals surface area (Å²) in [5, 5.41) is 6.53. The van der Waals surface area contributed by atoms with Crippen LogP contribution in [-0.4, -0.2) is 49.4 Å². The number of hydrogen-bond donors (Lipinski definition) is 2. The highest BCUT2D eigenvalue weighted by molar-refractivity contribution is 7.89. The topological polar surface area (TPSA) is 78.7 Å². The van der Waals surface area contributed by atoms with Crippen LogP contribution in [0.3, 0.4) is 0 Å². The largest absolute Gasteiger partial charge is 0.357 e. The molecular weight excluding hydrogens is 374 g/mol. The number of benzene rings is 1. The quantitative estimate of drug-likeness (QED) is 0.496. The molecule has 0 aliphatic rings. The normalized spacial score (nSPS) is 12.6. The summed E-state index contributed by atoms with van der Waals surface area (Å²) in [6.07, 6.45) is 4.05. The molecule has 0 saturated carbocycles. The molecule has 2 rings (SSSR count). The monoisotopic (exact) mass is 405 g/mol. The lowest BCUT2D eigenvalue weighted by molar-refractivity contribution is 0.410. The third-order valence-electron chi connectivity index (χ3n) is 4.42. The molecule has 1 aromatic heterocycles. The first-order valence-electron chi connectivity index (χ1n) is 9.54. The molecule has 154 valence electrons. The Morgan fingerprint density at radius 2 is 1.79 bits per heavy atom. The van der Waals surface area contributed by atoms with E-state index in [1.54, 1.807) is 19.2 Å². The van der Waals surface area contributed by atoms with Gasteiger partial charge in [0.1, 0.15) is 0 Å². The third-order valence-corrected chi connectivity index (χ3v) is 6.47. The van der Waals surface area contributed by atoms with Gasteiger partial charge in [0.2, 0.25) is 10.0 Å². The van der Waals surface area contributed by atoms with Gasteiger partial charge >= 0.3 is 0 Å². The predicted molar refractivity (Wildman–Crippen MR) is 114 cm³/mol. The standard InChI is InChI=1S/C20H31N5O2S/c1-5-21-20(22-12-15-25-13-6-7-14-25)23-16-18-8-10-19(11-9-18)28(26,27)24(4)17(2)3/h6-11,13-14,17H,5,12,15-16H2,1-4H3,(H2,21,22,23). The molecule has 1 heterocycles. The summed E-state index contributed by atoms with van der Waals surface area (Å²) in [6, 6.07) is 10.8. The number of aromatic nitrogens is 1. The fraction of sp³-hybridized carbons (Fsp3) is 0.450. The third kappa shape index (κ3) is 6.10. The van der Waals surface area contributed by atoms with Crippen molar-refractivity contribution in [1.29, 1.82) is 0 Å². The number of aliphatic imine (C=N–C) groups is 1. The highest BCUT2D eigenvalue weighted by Gasteiger charge is 2.22. The zero-order valence-electron chi connectivity index (χ0n) is 17.1. The van der Waals surface area contributed by atoms with Crippen LogP contribution in [0.2, 0.25) is 0 Å². The van der Waals surface area contributed by atoms with Gasteiger partial charge in [-0.25, -0.2) is 13.4 Å². The van der Waals surface area contributed by atoms with Gasteiger partial charge in [0.05, 0.1) is 11.4 Å². The van der Waals surface area contributed by atoms with Gasteiger partial charge in [0, 0.05) is 45.1 Å². The minimum absolute atomic E-state index is 0.0884. The average Bonchev–Trinajstić information content (AvgIpc) is 3.19. The van der Waals surface area contributed by atoms with Gasteiger partial charge in [0.25, 0.3) is 0 Å². The van der Waals surface area contributed by atoms with Gasteiger partial charge in [-0.15, -0.1) is 0 Å². The van der Waals surface area contributed by atoms with Gasteiger partial charge < -0.3 is 15.2 Å². The first kappa shape index (κ1) is 22.0. The molecule has 8 heteroatoms. The SMILES string of the molecule is CCNC(=NCc1ccc(S(=O)(=O)N(C)C(C)C)cc1)NCCn1cccc1. The molecule has 0 atom stereocenters. The van der Waals surface area contributed by atoms with Crippen LogP contribution in [0.15, 0.2) is 58.7 Å². The Balaban J connectivity index is 1.98. The number of guanidine groups is 1. The molecule has 0 fully saturated rings. The lowest BCUT2D eigenvalue weighted by Crippen LogP contribution is -2.38. The van der Waals surface area contributed by atoms with Gasteiger partial charge in [-0.1, -0.05) is 12.1 Å². The molecular formula is C20H31N5O2S. The fourth-order valence-electron chi connectivity index (χ4n) is 2.55. The molecule has 0 radical (unpaired) electrons. The maximum absolute atomic E-state index is 12.5. The van der Waals surface area contributed by atoms with Gasteiger partial charge in [-0.3, -0.25) is 0 Å². The zero-order chi connectivity index (χ0) is 20.6. The van der Waals surface area contributed by atoms with E-state index in [9.17, 15) is 8.42 Å². The van der Waals surface area contributed by atoms with Crippen molar-refractivity contribution >= 4 is 16.0 Å². The molecule has 28 heavy (non-hydrogen) atoms. The number of rotatable bonds is 9. The molecule has 0 aliphatic carbocycles. The fourth-order valence-corrected chi connectivity index (χ4v) is 3.91. The van der Waals surface area contributed by atoms with Crippen LogP contribution in [-0.2, 0) is 23.1 Å². The van der Waals surface area contributed by atoms with Gasteiger partial charge in [-0.05, 0) is 50.6 Å². The molecule has 0 aliphatic heterocycles. The molecule has 0 unspecified atom stereocenters. The van der Waals surface area contributed by atoms with Crippen molar-refractivity contribution in [3.63, 3.8) is 0 Å². The Hall–Kier alpha value is -2.32. The Bertz CT molecular complexity index is 843. The van der Waals surface area contributed by atoms with Gasteiger partial charge in [-0.2, -0.15) is 4.31 Å².